The molecule has 3 rings (SSSR count). The summed E-state index contributed by atoms with van der Waals surface area (Å²) in [5.41, 5.74) is 5.69. The first kappa shape index (κ1) is 14.1. The molecule has 0 aliphatic carbocycles. The van der Waals surface area contributed by atoms with Gasteiger partial charge in [-0.25, -0.2) is 9.97 Å². The average Bonchev–Trinajstić information content (AvgIpc) is 3.07. The molecule has 0 radical (unpaired) electrons. The van der Waals surface area contributed by atoms with Crippen molar-refractivity contribution >= 4 is 28.9 Å². The standard InChI is InChI=1S/C9H8N6O2S.C2H6/c10-8-13-6-5(7(16)15-8)12-9(14-6)18-3-4-11-1-2-17-4;1-2/h1-2H,3H2,(H4,10,12,13,14,15,16);1-2H3. The largest absolute Gasteiger partial charge is 0.448 e. The highest BCUT2D eigenvalue weighted by Crippen LogP contribution is 2.20. The quantitative estimate of drug-likeness (QED) is 0.625. The van der Waals surface area contributed by atoms with Crippen LogP contribution in [0.2, 0.25) is 0 Å². The smallest absolute Gasteiger partial charge is 0.278 e. The fourth-order valence-corrected chi connectivity index (χ4v) is 2.15. The van der Waals surface area contributed by atoms with Crippen molar-refractivity contribution in [2.45, 2.75) is 24.8 Å². The van der Waals surface area contributed by atoms with Crippen molar-refractivity contribution in [1.82, 2.24) is 24.9 Å². The number of nitrogens with zero attached hydrogens (tertiary/aromatic N) is 3. The lowest BCUT2D eigenvalue weighted by Gasteiger charge is -1.91. The number of aromatic nitrogens is 5. The molecule has 0 saturated carbocycles. The van der Waals surface area contributed by atoms with E-state index in [0.717, 1.165) is 0 Å². The molecule has 9 heteroatoms. The Kier molecular flexibility index (Phi) is 4.41. The molecule has 4 N–H and O–H groups in total. The number of fused-ring (bicyclic) bond motifs is 1. The summed E-state index contributed by atoms with van der Waals surface area (Å²) in [6.07, 6.45) is 3.07. The molecule has 106 valence electrons. The Morgan fingerprint density at radius 2 is 2.15 bits per heavy atom. The van der Waals surface area contributed by atoms with E-state index in [2.05, 4.69) is 24.9 Å². The van der Waals surface area contributed by atoms with E-state index in [1.54, 1.807) is 6.20 Å². The van der Waals surface area contributed by atoms with Crippen LogP contribution in [0, 0.1) is 0 Å². The van der Waals surface area contributed by atoms with Crippen LogP contribution in [0.4, 0.5) is 5.95 Å². The third kappa shape index (κ3) is 2.99. The zero-order valence-corrected chi connectivity index (χ0v) is 11.8. The molecule has 0 aliphatic heterocycles. The Labute approximate surface area is 118 Å². The molecule has 3 aromatic heterocycles. The van der Waals surface area contributed by atoms with Crippen LogP contribution in [0.5, 0.6) is 0 Å². The molecular weight excluding hydrogens is 280 g/mol. The summed E-state index contributed by atoms with van der Waals surface area (Å²) in [6.45, 7) is 4.00. The van der Waals surface area contributed by atoms with Gasteiger partial charge in [0.05, 0.1) is 11.9 Å². The first-order chi connectivity index (χ1) is 9.72. The number of H-pyrrole nitrogens is 2. The van der Waals surface area contributed by atoms with Crippen molar-refractivity contribution in [3.05, 3.63) is 28.7 Å². The summed E-state index contributed by atoms with van der Waals surface area (Å²) >= 11 is 1.36. The van der Waals surface area contributed by atoms with Gasteiger partial charge in [0, 0.05) is 0 Å². The number of hydrogen-bond donors (Lipinski definition) is 3. The third-order valence-electron chi connectivity index (χ3n) is 2.17. The maximum atomic E-state index is 11.6. The first-order valence-electron chi connectivity index (χ1n) is 5.99. The monoisotopic (exact) mass is 294 g/mol. The molecule has 0 aromatic carbocycles. The van der Waals surface area contributed by atoms with Crippen LogP contribution in [0.3, 0.4) is 0 Å². The topological polar surface area (TPSA) is 126 Å². The Morgan fingerprint density at radius 3 is 2.85 bits per heavy atom. The van der Waals surface area contributed by atoms with Gasteiger partial charge in [0.1, 0.15) is 6.26 Å². The number of anilines is 1. The van der Waals surface area contributed by atoms with Gasteiger partial charge >= 0.3 is 0 Å². The molecule has 3 heterocycles. The molecule has 8 nitrogen and oxygen atoms in total. The van der Waals surface area contributed by atoms with Crippen molar-refractivity contribution in [3.63, 3.8) is 0 Å². The highest BCUT2D eigenvalue weighted by atomic mass is 32.2. The number of imidazole rings is 1. The second-order valence-electron chi connectivity index (χ2n) is 3.41. The lowest BCUT2D eigenvalue weighted by molar-refractivity contribution is 0.517. The summed E-state index contributed by atoms with van der Waals surface area (Å²) in [5.74, 6) is 1.14. The number of nitrogens with one attached hydrogen (secondary N) is 2. The molecule has 0 aliphatic rings. The summed E-state index contributed by atoms with van der Waals surface area (Å²) in [7, 11) is 0. The van der Waals surface area contributed by atoms with E-state index >= 15 is 0 Å². The van der Waals surface area contributed by atoms with Crippen LogP contribution in [-0.4, -0.2) is 24.9 Å². The molecular formula is C11H14N6O2S. The number of thioether (sulfide) groups is 1. The van der Waals surface area contributed by atoms with Gasteiger partial charge in [-0.2, -0.15) is 4.98 Å². The van der Waals surface area contributed by atoms with E-state index in [1.165, 1.54) is 18.0 Å². The van der Waals surface area contributed by atoms with Gasteiger partial charge in [-0.3, -0.25) is 9.78 Å². The van der Waals surface area contributed by atoms with E-state index in [-0.39, 0.29) is 11.5 Å². The van der Waals surface area contributed by atoms with Gasteiger partial charge in [-0.15, -0.1) is 0 Å². The number of nitrogen functional groups attached to an aromatic ring is 1. The summed E-state index contributed by atoms with van der Waals surface area (Å²) in [5, 5.41) is 0.562. The minimum Gasteiger partial charge on any atom is -0.448 e. The number of oxazole rings is 1. The second kappa shape index (κ2) is 6.24. The number of aromatic amines is 2. The molecule has 0 unspecified atom stereocenters. The van der Waals surface area contributed by atoms with Gasteiger partial charge in [0.2, 0.25) is 11.8 Å². The maximum Gasteiger partial charge on any atom is 0.278 e. The Bertz CT molecular complexity index is 733. The maximum absolute atomic E-state index is 11.6. The predicted molar refractivity (Wildman–Crippen MR) is 76.3 cm³/mol. The Morgan fingerprint density at radius 1 is 1.35 bits per heavy atom. The molecule has 0 amide bonds. The fourth-order valence-electron chi connectivity index (χ4n) is 1.43. The van der Waals surface area contributed by atoms with Crippen LogP contribution in [0.15, 0.2) is 26.8 Å². The van der Waals surface area contributed by atoms with Gasteiger partial charge in [0.25, 0.3) is 5.56 Å². The van der Waals surface area contributed by atoms with E-state index in [1.807, 2.05) is 13.8 Å². The summed E-state index contributed by atoms with van der Waals surface area (Å²) in [4.78, 5) is 28.9. The zero-order valence-electron chi connectivity index (χ0n) is 11.0. The van der Waals surface area contributed by atoms with Crippen LogP contribution in [0.1, 0.15) is 19.7 Å². The average molecular weight is 294 g/mol. The number of nitrogens with two attached hydrogens (primary N) is 1. The van der Waals surface area contributed by atoms with Gasteiger partial charge in [0.15, 0.2) is 16.3 Å². The Hall–Kier alpha value is -2.29. The van der Waals surface area contributed by atoms with E-state index in [4.69, 9.17) is 10.2 Å². The van der Waals surface area contributed by atoms with Crippen molar-refractivity contribution in [2.24, 2.45) is 0 Å². The molecule has 0 spiro atoms. The van der Waals surface area contributed by atoms with Gasteiger partial charge in [-0.05, 0) is 0 Å². The number of hydrogen-bond acceptors (Lipinski definition) is 7. The Balaban J connectivity index is 0.000000704. The molecule has 0 saturated heterocycles. The zero-order chi connectivity index (χ0) is 14.5. The predicted octanol–water partition coefficient (Wildman–Crippen LogP) is 1.53. The minimum absolute atomic E-state index is 0.0447. The highest BCUT2D eigenvalue weighted by Gasteiger charge is 2.10. The molecule has 0 bridgehead atoms. The minimum atomic E-state index is -0.340. The van der Waals surface area contributed by atoms with Crippen molar-refractivity contribution in [1.29, 1.82) is 0 Å². The highest BCUT2D eigenvalue weighted by molar-refractivity contribution is 7.98. The first-order valence-corrected chi connectivity index (χ1v) is 6.97. The van der Waals surface area contributed by atoms with Gasteiger partial charge in [-0.1, -0.05) is 25.6 Å². The van der Waals surface area contributed by atoms with Crippen molar-refractivity contribution in [2.75, 3.05) is 5.73 Å². The van der Waals surface area contributed by atoms with E-state index in [9.17, 15) is 4.79 Å². The molecule has 0 fully saturated rings. The van der Waals surface area contributed by atoms with Crippen molar-refractivity contribution < 1.29 is 4.42 Å². The lowest BCUT2D eigenvalue weighted by Crippen LogP contribution is -2.10. The number of rotatable bonds is 3. The van der Waals surface area contributed by atoms with Crippen LogP contribution < -0.4 is 11.3 Å². The van der Waals surface area contributed by atoms with Crippen LogP contribution >= 0.6 is 11.8 Å². The molecule has 20 heavy (non-hydrogen) atoms. The van der Waals surface area contributed by atoms with E-state index < -0.39 is 0 Å². The molecule has 0 atom stereocenters. The molecule has 3 aromatic rings. The second-order valence-corrected chi connectivity index (χ2v) is 4.37. The van der Waals surface area contributed by atoms with Crippen LogP contribution in [-0.2, 0) is 5.75 Å². The lowest BCUT2D eigenvalue weighted by atomic mass is 10.5. The fraction of sp³-hybridized carbons (Fsp3) is 0.273. The van der Waals surface area contributed by atoms with Gasteiger partial charge < -0.3 is 15.1 Å². The SMILES string of the molecule is CC.Nc1nc2nc(SCc3ncco3)[nH]c2c(=O)[nH]1. The summed E-state index contributed by atoms with van der Waals surface area (Å²) in [6, 6.07) is 0. The summed E-state index contributed by atoms with van der Waals surface area (Å²) < 4.78 is 5.10. The van der Waals surface area contributed by atoms with E-state index in [0.29, 0.717) is 28.0 Å². The van der Waals surface area contributed by atoms with Crippen LogP contribution in [0.25, 0.3) is 11.2 Å². The third-order valence-corrected chi connectivity index (χ3v) is 3.03. The van der Waals surface area contributed by atoms with Crippen molar-refractivity contribution in [3.8, 4) is 0 Å². The normalized spacial score (nSPS) is 10.3.